The molecule has 0 saturated carbocycles. The van der Waals surface area contributed by atoms with Crippen LogP contribution in [0.3, 0.4) is 0 Å². The van der Waals surface area contributed by atoms with Crippen molar-refractivity contribution in [1.82, 2.24) is 9.97 Å². The summed E-state index contributed by atoms with van der Waals surface area (Å²) in [5.41, 5.74) is 19.0. The maximum absolute atomic E-state index is 5.33. The quantitative estimate of drug-likeness (QED) is 0.174. The van der Waals surface area contributed by atoms with Crippen molar-refractivity contribution in [3.8, 4) is 67.3 Å². The van der Waals surface area contributed by atoms with E-state index in [1.165, 1.54) is 82.7 Å². The summed E-state index contributed by atoms with van der Waals surface area (Å²) in [6, 6.07) is 73.2. The Morgan fingerprint density at radius 3 is 1.67 bits per heavy atom. The number of hydrogen-bond acceptors (Lipinski definition) is 2. The fraction of sp³-hybridized carbons (Fsp3) is 0.0847. The van der Waals surface area contributed by atoms with Gasteiger partial charge in [0.25, 0.3) is 0 Å². The average molecular weight is 779 g/mol. The summed E-state index contributed by atoms with van der Waals surface area (Å²) in [5.74, 6) is 0.720. The zero-order valence-electron chi connectivity index (χ0n) is 34.4. The number of rotatable bonds is 5. The van der Waals surface area contributed by atoms with Crippen LogP contribution in [0.2, 0.25) is 0 Å². The predicted molar refractivity (Wildman–Crippen MR) is 254 cm³/mol. The van der Waals surface area contributed by atoms with Crippen molar-refractivity contribution >= 4 is 21.5 Å². The highest BCUT2D eigenvalue weighted by atomic mass is 14.9. The highest BCUT2D eigenvalue weighted by Crippen LogP contribution is 2.56. The molecule has 0 N–H and O–H groups in total. The first-order valence-electron chi connectivity index (χ1n) is 21.3. The molecular formula is C59H42N2. The highest BCUT2D eigenvalue weighted by Gasteiger charge is 2.42. The van der Waals surface area contributed by atoms with Crippen molar-refractivity contribution in [3.63, 3.8) is 0 Å². The Bertz CT molecular complexity index is 3400. The lowest BCUT2D eigenvalue weighted by Crippen LogP contribution is -2.22. The third-order valence-electron chi connectivity index (χ3n) is 13.7. The molecule has 0 spiro atoms. The number of fused-ring (bicyclic) bond motifs is 8. The molecule has 1 unspecified atom stereocenters. The maximum atomic E-state index is 5.33. The van der Waals surface area contributed by atoms with Gasteiger partial charge in [-0.1, -0.05) is 184 Å². The zero-order chi connectivity index (χ0) is 40.9. The van der Waals surface area contributed by atoms with E-state index in [9.17, 15) is 0 Å². The van der Waals surface area contributed by atoms with Crippen molar-refractivity contribution < 1.29 is 0 Å². The standard InChI is InChI=1S/C59H42N2/c1-58(2)50-26-15-24-47(56(50)48-34-38-18-10-11-19-39(38)35-52(48)58)54-36-53(60-57(61-54)37-16-6-4-7-17-37)43-31-29-40-32-42(30-28-41(40)33-43)45-23-14-27-51-55(45)46-22-12-13-25-49(46)59(51,3)44-20-8-5-9-21-44/h4-36H,1-3H3. The summed E-state index contributed by atoms with van der Waals surface area (Å²) in [7, 11) is 0. The second-order valence-electron chi connectivity index (χ2n) is 17.5. The summed E-state index contributed by atoms with van der Waals surface area (Å²) >= 11 is 0. The first kappa shape index (κ1) is 35.5. The van der Waals surface area contributed by atoms with E-state index in [1.54, 1.807) is 0 Å². The Hall–Kier alpha value is -7.42. The monoisotopic (exact) mass is 778 g/mol. The van der Waals surface area contributed by atoms with Crippen LogP contribution in [0.4, 0.5) is 0 Å². The van der Waals surface area contributed by atoms with Gasteiger partial charge in [0, 0.05) is 27.5 Å². The Morgan fingerprint density at radius 2 is 0.885 bits per heavy atom. The van der Waals surface area contributed by atoms with Crippen molar-refractivity contribution in [2.45, 2.75) is 31.6 Å². The van der Waals surface area contributed by atoms with Gasteiger partial charge >= 0.3 is 0 Å². The maximum Gasteiger partial charge on any atom is 0.160 e. The lowest BCUT2D eigenvalue weighted by molar-refractivity contribution is 0.661. The van der Waals surface area contributed by atoms with E-state index in [2.05, 4.69) is 215 Å². The summed E-state index contributed by atoms with van der Waals surface area (Å²) in [6.07, 6.45) is 0. The summed E-state index contributed by atoms with van der Waals surface area (Å²) in [5, 5.41) is 4.89. The Kier molecular flexibility index (Phi) is 7.74. The smallest absolute Gasteiger partial charge is 0.160 e. The summed E-state index contributed by atoms with van der Waals surface area (Å²) < 4.78 is 0. The molecule has 0 amide bonds. The van der Waals surface area contributed by atoms with Crippen LogP contribution < -0.4 is 0 Å². The van der Waals surface area contributed by atoms with Crippen molar-refractivity contribution in [1.29, 1.82) is 0 Å². The van der Waals surface area contributed by atoms with Crippen LogP contribution in [0, 0.1) is 0 Å². The molecule has 1 aromatic heterocycles. The topological polar surface area (TPSA) is 25.8 Å². The average Bonchev–Trinajstić information content (AvgIpc) is 3.72. The van der Waals surface area contributed by atoms with Crippen LogP contribution in [0.15, 0.2) is 200 Å². The molecule has 0 aliphatic heterocycles. The van der Waals surface area contributed by atoms with Crippen molar-refractivity contribution in [3.05, 3.63) is 228 Å². The first-order valence-corrected chi connectivity index (χ1v) is 21.3. The van der Waals surface area contributed by atoms with Gasteiger partial charge in [0.15, 0.2) is 5.82 Å². The molecule has 2 nitrogen and oxygen atoms in total. The van der Waals surface area contributed by atoms with E-state index < -0.39 is 0 Å². The van der Waals surface area contributed by atoms with Gasteiger partial charge in [-0.25, -0.2) is 9.97 Å². The van der Waals surface area contributed by atoms with Crippen LogP contribution in [0.5, 0.6) is 0 Å². The normalized spacial score (nSPS) is 15.7. The van der Waals surface area contributed by atoms with Crippen LogP contribution in [0.1, 0.15) is 48.6 Å². The second-order valence-corrected chi connectivity index (χ2v) is 17.5. The Labute approximate surface area is 356 Å². The summed E-state index contributed by atoms with van der Waals surface area (Å²) in [4.78, 5) is 10.6. The fourth-order valence-corrected chi connectivity index (χ4v) is 10.6. The van der Waals surface area contributed by atoms with Crippen molar-refractivity contribution in [2.24, 2.45) is 0 Å². The lowest BCUT2D eigenvalue weighted by atomic mass is 9.74. The van der Waals surface area contributed by atoms with Gasteiger partial charge in [0.05, 0.1) is 11.4 Å². The SMILES string of the molecule is CC1(C)c2cc3ccccc3cc2-c2c(-c3cc(-c4ccc5cc(-c6cccc7c6-c6ccccc6C7(C)c6ccccc6)ccc5c4)nc(-c4ccccc4)n3)cccc21. The third-order valence-corrected chi connectivity index (χ3v) is 13.7. The molecule has 9 aromatic carbocycles. The molecule has 61 heavy (non-hydrogen) atoms. The molecule has 0 fully saturated rings. The molecule has 2 aliphatic carbocycles. The first-order chi connectivity index (χ1) is 29.9. The minimum absolute atomic E-state index is 0.148. The van der Waals surface area contributed by atoms with Crippen LogP contribution in [0.25, 0.3) is 88.8 Å². The molecule has 1 atom stereocenters. The molecule has 2 heteroatoms. The van der Waals surface area contributed by atoms with Gasteiger partial charge < -0.3 is 0 Å². The van der Waals surface area contributed by atoms with Gasteiger partial charge in [0.2, 0.25) is 0 Å². The zero-order valence-corrected chi connectivity index (χ0v) is 34.4. The molecule has 10 aromatic rings. The van der Waals surface area contributed by atoms with E-state index >= 15 is 0 Å². The molecule has 0 saturated heterocycles. The minimum atomic E-state index is -0.238. The Morgan fingerprint density at radius 1 is 0.328 bits per heavy atom. The highest BCUT2D eigenvalue weighted by molar-refractivity contribution is 6.00. The molecule has 0 bridgehead atoms. The molecule has 2 aliphatic rings. The third kappa shape index (κ3) is 5.35. The largest absolute Gasteiger partial charge is 0.228 e. The number of aromatic nitrogens is 2. The van der Waals surface area contributed by atoms with E-state index in [0.29, 0.717) is 0 Å². The van der Waals surface area contributed by atoms with Crippen LogP contribution >= 0.6 is 0 Å². The molecule has 1 heterocycles. The lowest BCUT2D eigenvalue weighted by Gasteiger charge is -2.28. The molecule has 0 radical (unpaired) electrons. The number of benzene rings is 9. The van der Waals surface area contributed by atoms with E-state index in [0.717, 1.165) is 33.9 Å². The molecule has 288 valence electrons. The van der Waals surface area contributed by atoms with Crippen LogP contribution in [-0.4, -0.2) is 9.97 Å². The van der Waals surface area contributed by atoms with E-state index in [-0.39, 0.29) is 10.8 Å². The minimum Gasteiger partial charge on any atom is -0.228 e. The van der Waals surface area contributed by atoms with E-state index in [1.807, 2.05) is 6.07 Å². The molecule has 12 rings (SSSR count). The van der Waals surface area contributed by atoms with E-state index in [4.69, 9.17) is 9.97 Å². The van der Waals surface area contributed by atoms with Gasteiger partial charge in [0.1, 0.15) is 0 Å². The number of hydrogen-bond donors (Lipinski definition) is 0. The Balaban J connectivity index is 0.988. The van der Waals surface area contributed by atoms with Gasteiger partial charge in [-0.2, -0.15) is 0 Å². The second kappa shape index (κ2) is 13.3. The summed E-state index contributed by atoms with van der Waals surface area (Å²) in [6.45, 7) is 7.08. The van der Waals surface area contributed by atoms with Crippen molar-refractivity contribution in [2.75, 3.05) is 0 Å². The van der Waals surface area contributed by atoms with Gasteiger partial charge in [-0.3, -0.25) is 0 Å². The van der Waals surface area contributed by atoms with Gasteiger partial charge in [-0.05, 0) is 120 Å². The fourth-order valence-electron chi connectivity index (χ4n) is 10.6. The predicted octanol–water partition coefficient (Wildman–Crippen LogP) is 15.1. The van der Waals surface area contributed by atoms with Gasteiger partial charge in [-0.15, -0.1) is 0 Å². The molecular weight excluding hydrogens is 737 g/mol. The number of nitrogens with zero attached hydrogens (tertiary/aromatic N) is 2. The van der Waals surface area contributed by atoms with Crippen LogP contribution in [-0.2, 0) is 10.8 Å².